The van der Waals surface area contributed by atoms with Gasteiger partial charge in [0.25, 0.3) is 0 Å². The van der Waals surface area contributed by atoms with Gasteiger partial charge < -0.3 is 5.32 Å². The lowest BCUT2D eigenvalue weighted by molar-refractivity contribution is 0.566. The van der Waals surface area contributed by atoms with Crippen LogP contribution in [0.5, 0.6) is 0 Å². The molecule has 1 N–H and O–H groups in total. The first kappa shape index (κ1) is 13.9. The number of anilines is 1. The third-order valence-corrected chi connectivity index (χ3v) is 3.39. The molecule has 0 aliphatic carbocycles. The van der Waals surface area contributed by atoms with E-state index in [9.17, 15) is 13.2 Å². The third-order valence-electron chi connectivity index (χ3n) is 2.73. The fraction of sp³-hybridized carbons (Fsp3) is 0.143. The van der Waals surface area contributed by atoms with Gasteiger partial charge in [0.05, 0.1) is 6.04 Å². The summed E-state index contributed by atoms with van der Waals surface area (Å²) in [5.74, 6) is -1.59. The normalized spacial score (nSPS) is 12.3. The average molecular weight is 330 g/mol. The summed E-state index contributed by atoms with van der Waals surface area (Å²) in [6, 6.07) is 7.24. The zero-order valence-electron chi connectivity index (χ0n) is 10.1. The van der Waals surface area contributed by atoms with Crippen LogP contribution in [-0.2, 0) is 0 Å². The van der Waals surface area contributed by atoms with E-state index in [1.54, 1.807) is 13.0 Å². The predicted molar refractivity (Wildman–Crippen MR) is 72.5 cm³/mol. The number of hydrogen-bond acceptors (Lipinski definition) is 1. The number of hydrogen-bond donors (Lipinski definition) is 1. The van der Waals surface area contributed by atoms with Gasteiger partial charge in [-0.05, 0) is 47.1 Å². The van der Waals surface area contributed by atoms with Crippen molar-refractivity contribution in [1.82, 2.24) is 0 Å². The molecular formula is C14H11BrF3N. The Morgan fingerprint density at radius 1 is 1.00 bits per heavy atom. The first-order valence-electron chi connectivity index (χ1n) is 5.64. The van der Waals surface area contributed by atoms with Crippen molar-refractivity contribution in [3.63, 3.8) is 0 Å². The van der Waals surface area contributed by atoms with Gasteiger partial charge in [0, 0.05) is 21.8 Å². The number of nitrogens with one attached hydrogen (secondary N) is 1. The van der Waals surface area contributed by atoms with Gasteiger partial charge in [-0.15, -0.1) is 0 Å². The van der Waals surface area contributed by atoms with Gasteiger partial charge in [0.15, 0.2) is 0 Å². The van der Waals surface area contributed by atoms with Gasteiger partial charge in [0.2, 0.25) is 0 Å². The smallest absolute Gasteiger partial charge is 0.131 e. The highest BCUT2D eigenvalue weighted by atomic mass is 79.9. The Bertz CT molecular complexity index is 601. The summed E-state index contributed by atoms with van der Waals surface area (Å²) < 4.78 is 40.0. The maximum atomic E-state index is 13.6. The lowest BCUT2D eigenvalue weighted by atomic mass is 10.1. The minimum atomic E-state index is -0.614. The molecule has 2 aromatic carbocycles. The van der Waals surface area contributed by atoms with Crippen molar-refractivity contribution in [2.45, 2.75) is 13.0 Å². The zero-order chi connectivity index (χ0) is 14.0. The Labute approximate surface area is 117 Å². The van der Waals surface area contributed by atoms with E-state index < -0.39 is 11.6 Å². The van der Waals surface area contributed by atoms with E-state index in [4.69, 9.17) is 0 Å². The second-order valence-electron chi connectivity index (χ2n) is 4.16. The van der Waals surface area contributed by atoms with E-state index in [1.165, 1.54) is 24.3 Å². The van der Waals surface area contributed by atoms with E-state index in [0.717, 1.165) is 6.07 Å². The molecule has 0 aliphatic rings. The highest BCUT2D eigenvalue weighted by Gasteiger charge is 2.13. The van der Waals surface area contributed by atoms with Crippen LogP contribution in [0.25, 0.3) is 0 Å². The molecule has 19 heavy (non-hydrogen) atoms. The minimum absolute atomic E-state index is 0.345. The third kappa shape index (κ3) is 3.29. The first-order chi connectivity index (χ1) is 8.97. The van der Waals surface area contributed by atoms with E-state index in [2.05, 4.69) is 21.2 Å². The van der Waals surface area contributed by atoms with Crippen LogP contribution in [0.1, 0.15) is 18.5 Å². The quantitative estimate of drug-likeness (QED) is 0.831. The fourth-order valence-electron chi connectivity index (χ4n) is 1.77. The summed E-state index contributed by atoms with van der Waals surface area (Å²) in [5, 5.41) is 3.04. The van der Waals surface area contributed by atoms with Crippen molar-refractivity contribution in [2.24, 2.45) is 0 Å². The molecule has 0 bridgehead atoms. The number of benzene rings is 2. The summed E-state index contributed by atoms with van der Waals surface area (Å²) >= 11 is 3.22. The van der Waals surface area contributed by atoms with Crippen LogP contribution in [0, 0.1) is 17.5 Å². The Hall–Kier alpha value is -1.49. The predicted octanol–water partition coefficient (Wildman–Crippen LogP) is 5.04. The van der Waals surface area contributed by atoms with E-state index in [0.29, 0.717) is 15.7 Å². The van der Waals surface area contributed by atoms with Crippen LogP contribution in [0.2, 0.25) is 0 Å². The van der Waals surface area contributed by atoms with Crippen molar-refractivity contribution in [1.29, 1.82) is 0 Å². The molecule has 1 unspecified atom stereocenters. The van der Waals surface area contributed by atoms with Crippen LogP contribution >= 0.6 is 15.9 Å². The molecule has 2 rings (SSSR count). The lowest BCUT2D eigenvalue weighted by Gasteiger charge is -2.17. The summed E-state index contributed by atoms with van der Waals surface area (Å²) in [4.78, 5) is 0. The average Bonchev–Trinajstić information content (AvgIpc) is 2.32. The molecule has 100 valence electrons. The molecule has 0 amide bonds. The zero-order valence-corrected chi connectivity index (χ0v) is 11.6. The summed E-state index contributed by atoms with van der Waals surface area (Å²) in [5.41, 5.74) is 0.982. The molecule has 1 nitrogen and oxygen atoms in total. The molecule has 0 fully saturated rings. The van der Waals surface area contributed by atoms with Crippen molar-refractivity contribution in [2.75, 3.05) is 5.32 Å². The monoisotopic (exact) mass is 329 g/mol. The van der Waals surface area contributed by atoms with Crippen LogP contribution < -0.4 is 5.32 Å². The maximum absolute atomic E-state index is 13.6. The first-order valence-corrected chi connectivity index (χ1v) is 6.43. The summed E-state index contributed by atoms with van der Waals surface area (Å²) in [6.45, 7) is 1.74. The summed E-state index contributed by atoms with van der Waals surface area (Å²) in [6.07, 6.45) is 0. The molecule has 2 aromatic rings. The summed E-state index contributed by atoms with van der Waals surface area (Å²) in [7, 11) is 0. The molecule has 0 aliphatic heterocycles. The highest BCUT2D eigenvalue weighted by molar-refractivity contribution is 9.10. The van der Waals surface area contributed by atoms with Gasteiger partial charge in [0.1, 0.15) is 17.5 Å². The Morgan fingerprint density at radius 3 is 2.26 bits per heavy atom. The molecule has 1 atom stereocenters. The molecule has 0 aromatic heterocycles. The molecule has 0 saturated carbocycles. The molecule has 0 saturated heterocycles. The topological polar surface area (TPSA) is 12.0 Å². The molecule has 0 radical (unpaired) electrons. The second kappa shape index (κ2) is 5.65. The second-order valence-corrected chi connectivity index (χ2v) is 5.01. The van der Waals surface area contributed by atoms with Crippen molar-refractivity contribution >= 4 is 21.6 Å². The molecule has 0 heterocycles. The van der Waals surface area contributed by atoms with E-state index in [-0.39, 0.29) is 11.9 Å². The van der Waals surface area contributed by atoms with Gasteiger partial charge in [-0.2, -0.15) is 0 Å². The highest BCUT2D eigenvalue weighted by Crippen LogP contribution is 2.28. The van der Waals surface area contributed by atoms with Crippen LogP contribution in [-0.4, -0.2) is 0 Å². The van der Waals surface area contributed by atoms with Crippen LogP contribution in [0.3, 0.4) is 0 Å². The molecule has 0 spiro atoms. The van der Waals surface area contributed by atoms with Crippen molar-refractivity contribution in [3.05, 3.63) is 63.9 Å². The van der Waals surface area contributed by atoms with E-state index >= 15 is 0 Å². The van der Waals surface area contributed by atoms with Crippen LogP contribution in [0.15, 0.2) is 40.9 Å². The minimum Gasteiger partial charge on any atom is -0.377 e. The van der Waals surface area contributed by atoms with Crippen molar-refractivity contribution < 1.29 is 13.2 Å². The number of halogens is 4. The largest absolute Gasteiger partial charge is 0.377 e. The molecular weight excluding hydrogens is 319 g/mol. The van der Waals surface area contributed by atoms with Gasteiger partial charge in [-0.25, -0.2) is 13.2 Å². The van der Waals surface area contributed by atoms with E-state index in [1.807, 2.05) is 0 Å². The van der Waals surface area contributed by atoms with Crippen molar-refractivity contribution in [3.8, 4) is 0 Å². The Balaban J connectivity index is 2.23. The van der Waals surface area contributed by atoms with Gasteiger partial charge in [-0.1, -0.05) is 6.07 Å². The van der Waals surface area contributed by atoms with Gasteiger partial charge >= 0.3 is 0 Å². The lowest BCUT2D eigenvalue weighted by Crippen LogP contribution is -2.09. The standard InChI is InChI=1S/C14H11BrF3N/c1-8(11-4-2-10(17)7-13(11)18)19-14-5-3-9(16)6-12(14)15/h2-8,19H,1H3. The maximum Gasteiger partial charge on any atom is 0.131 e. The fourth-order valence-corrected chi connectivity index (χ4v) is 2.24. The van der Waals surface area contributed by atoms with Crippen LogP contribution in [0.4, 0.5) is 18.9 Å². The Morgan fingerprint density at radius 2 is 1.63 bits per heavy atom. The number of rotatable bonds is 3. The van der Waals surface area contributed by atoms with Gasteiger partial charge in [-0.3, -0.25) is 0 Å². The SMILES string of the molecule is CC(Nc1ccc(F)cc1Br)c1ccc(F)cc1F. The molecule has 5 heteroatoms. The Kier molecular flexibility index (Phi) is 4.14.